The molecule has 0 amide bonds. The van der Waals surface area contributed by atoms with E-state index in [4.69, 9.17) is 5.73 Å². The Morgan fingerprint density at radius 1 is 1.86 bits per heavy atom. The maximum absolute atomic E-state index is 10.3. The molecule has 0 fully saturated rings. The highest BCUT2D eigenvalue weighted by Gasteiger charge is 1.92. The fourth-order valence-electron chi connectivity index (χ4n) is 0.195. The van der Waals surface area contributed by atoms with E-state index in [9.17, 15) is 4.79 Å². The summed E-state index contributed by atoms with van der Waals surface area (Å²) in [5.41, 5.74) is 5.05. The van der Waals surface area contributed by atoms with E-state index in [0.29, 0.717) is 12.3 Å². The summed E-state index contributed by atoms with van der Waals surface area (Å²) in [5, 5.41) is 0.169. The maximum Gasteiger partial charge on any atom is 0.189 e. The summed E-state index contributed by atoms with van der Waals surface area (Å²) >= 11 is 1.17. The minimum atomic E-state index is 0.169. The average molecular weight is 119 g/mol. The molecule has 0 aliphatic carbocycles. The summed E-state index contributed by atoms with van der Waals surface area (Å²) in [6.45, 7) is 1.82. The first-order valence-electron chi connectivity index (χ1n) is 2.17. The van der Waals surface area contributed by atoms with E-state index in [-0.39, 0.29) is 5.12 Å². The van der Waals surface area contributed by atoms with E-state index in [1.807, 2.05) is 6.92 Å². The highest BCUT2D eigenvalue weighted by molar-refractivity contribution is 8.13. The van der Waals surface area contributed by atoms with E-state index < -0.39 is 0 Å². The van der Waals surface area contributed by atoms with Gasteiger partial charge in [0.05, 0.1) is 0 Å². The molecule has 0 atom stereocenters. The molecule has 42 valence electrons. The number of carbonyl (C=O) groups is 1. The standard InChI is InChI=1S/C4H9NOS/c1-2-4(6)7-3-5/h2-3,5H2,1H3. The van der Waals surface area contributed by atoms with Gasteiger partial charge in [0.15, 0.2) is 5.12 Å². The Morgan fingerprint density at radius 2 is 2.43 bits per heavy atom. The van der Waals surface area contributed by atoms with Gasteiger partial charge in [-0.15, -0.1) is 0 Å². The molecular weight excluding hydrogens is 110 g/mol. The second-order valence-corrected chi connectivity index (χ2v) is 2.11. The van der Waals surface area contributed by atoms with Crippen molar-refractivity contribution in [1.82, 2.24) is 0 Å². The molecule has 0 bridgehead atoms. The van der Waals surface area contributed by atoms with Gasteiger partial charge in [0, 0.05) is 12.3 Å². The smallest absolute Gasteiger partial charge is 0.189 e. The van der Waals surface area contributed by atoms with Crippen LogP contribution in [0.2, 0.25) is 0 Å². The summed E-state index contributed by atoms with van der Waals surface area (Å²) < 4.78 is 0. The van der Waals surface area contributed by atoms with Crippen LogP contribution >= 0.6 is 11.8 Å². The van der Waals surface area contributed by atoms with Gasteiger partial charge in [0.25, 0.3) is 0 Å². The van der Waals surface area contributed by atoms with Gasteiger partial charge in [-0.3, -0.25) is 4.79 Å². The van der Waals surface area contributed by atoms with Crippen LogP contribution in [0, 0.1) is 0 Å². The lowest BCUT2D eigenvalue weighted by atomic mass is 10.6. The van der Waals surface area contributed by atoms with Crippen molar-refractivity contribution in [3.05, 3.63) is 0 Å². The molecule has 0 saturated heterocycles. The van der Waals surface area contributed by atoms with E-state index in [0.717, 1.165) is 0 Å². The van der Waals surface area contributed by atoms with Gasteiger partial charge < -0.3 is 5.73 Å². The third-order valence-corrected chi connectivity index (χ3v) is 1.31. The van der Waals surface area contributed by atoms with E-state index in [1.54, 1.807) is 0 Å². The Hall–Kier alpha value is -0.0200. The first kappa shape index (κ1) is 6.98. The molecule has 0 aromatic carbocycles. The van der Waals surface area contributed by atoms with Crippen LogP contribution in [-0.4, -0.2) is 11.0 Å². The molecule has 3 heteroatoms. The number of hydrogen-bond acceptors (Lipinski definition) is 3. The van der Waals surface area contributed by atoms with Crippen LogP contribution < -0.4 is 5.73 Å². The van der Waals surface area contributed by atoms with Gasteiger partial charge in [-0.1, -0.05) is 18.7 Å². The molecule has 0 rings (SSSR count). The van der Waals surface area contributed by atoms with Crippen LogP contribution in [0.1, 0.15) is 13.3 Å². The molecule has 7 heavy (non-hydrogen) atoms. The van der Waals surface area contributed by atoms with Crippen LogP contribution in [-0.2, 0) is 4.79 Å². The number of thioether (sulfide) groups is 1. The predicted molar refractivity (Wildman–Crippen MR) is 31.9 cm³/mol. The van der Waals surface area contributed by atoms with Crippen molar-refractivity contribution in [2.24, 2.45) is 5.73 Å². The third-order valence-electron chi connectivity index (χ3n) is 0.533. The van der Waals surface area contributed by atoms with Gasteiger partial charge in [0.2, 0.25) is 0 Å². The number of carbonyl (C=O) groups excluding carboxylic acids is 1. The van der Waals surface area contributed by atoms with Crippen LogP contribution in [0.3, 0.4) is 0 Å². The molecule has 0 radical (unpaired) electrons. The van der Waals surface area contributed by atoms with Gasteiger partial charge in [0.1, 0.15) is 0 Å². The van der Waals surface area contributed by atoms with Crippen molar-refractivity contribution >= 4 is 16.9 Å². The lowest BCUT2D eigenvalue weighted by Gasteiger charge is -1.87. The summed E-state index contributed by atoms with van der Waals surface area (Å²) in [6, 6.07) is 0. The molecule has 0 saturated carbocycles. The quantitative estimate of drug-likeness (QED) is 0.540. The number of hydrogen-bond donors (Lipinski definition) is 1. The van der Waals surface area contributed by atoms with Crippen molar-refractivity contribution in [3.63, 3.8) is 0 Å². The summed E-state index contributed by atoms with van der Waals surface area (Å²) in [5.74, 6) is 0.409. The molecular formula is C4H9NOS. The predicted octanol–water partition coefficient (Wildman–Crippen LogP) is 0.572. The lowest BCUT2D eigenvalue weighted by molar-refractivity contribution is -0.110. The Labute approximate surface area is 47.5 Å². The average Bonchev–Trinajstić information content (AvgIpc) is 1.68. The van der Waals surface area contributed by atoms with Crippen molar-refractivity contribution in [2.45, 2.75) is 13.3 Å². The number of nitrogens with two attached hydrogens (primary N) is 1. The minimum Gasteiger partial charge on any atom is -0.322 e. The molecule has 0 heterocycles. The minimum absolute atomic E-state index is 0.169. The first-order chi connectivity index (χ1) is 3.31. The molecule has 0 unspecified atom stereocenters. The Bertz CT molecular complexity index is 64.7. The Morgan fingerprint density at radius 3 is 2.57 bits per heavy atom. The zero-order valence-electron chi connectivity index (χ0n) is 4.31. The van der Waals surface area contributed by atoms with E-state index in [2.05, 4.69) is 0 Å². The maximum atomic E-state index is 10.3. The number of rotatable bonds is 2. The summed E-state index contributed by atoms with van der Waals surface area (Å²) in [6.07, 6.45) is 0.585. The molecule has 0 aliphatic rings. The van der Waals surface area contributed by atoms with E-state index in [1.165, 1.54) is 11.8 Å². The summed E-state index contributed by atoms with van der Waals surface area (Å²) in [4.78, 5) is 10.3. The normalized spacial score (nSPS) is 8.86. The van der Waals surface area contributed by atoms with Crippen LogP contribution in [0.15, 0.2) is 0 Å². The second-order valence-electron chi connectivity index (χ2n) is 1.04. The fourth-order valence-corrected chi connectivity index (χ4v) is 0.585. The molecule has 0 aromatic heterocycles. The molecule has 0 spiro atoms. The third kappa shape index (κ3) is 3.82. The first-order valence-corrected chi connectivity index (χ1v) is 3.15. The van der Waals surface area contributed by atoms with E-state index >= 15 is 0 Å². The second kappa shape index (κ2) is 4.15. The Balaban J connectivity index is 3.00. The topological polar surface area (TPSA) is 43.1 Å². The Kier molecular flexibility index (Phi) is 4.14. The molecule has 0 aromatic rings. The molecule has 0 aliphatic heterocycles. The summed E-state index contributed by atoms with van der Waals surface area (Å²) in [7, 11) is 0. The van der Waals surface area contributed by atoms with Gasteiger partial charge in [-0.25, -0.2) is 0 Å². The van der Waals surface area contributed by atoms with Crippen molar-refractivity contribution < 1.29 is 4.79 Å². The fraction of sp³-hybridized carbons (Fsp3) is 0.750. The molecule has 2 nitrogen and oxygen atoms in total. The van der Waals surface area contributed by atoms with Crippen molar-refractivity contribution in [3.8, 4) is 0 Å². The van der Waals surface area contributed by atoms with Gasteiger partial charge in [-0.2, -0.15) is 0 Å². The van der Waals surface area contributed by atoms with Crippen LogP contribution in [0.25, 0.3) is 0 Å². The largest absolute Gasteiger partial charge is 0.322 e. The van der Waals surface area contributed by atoms with Crippen molar-refractivity contribution in [1.29, 1.82) is 0 Å². The highest BCUT2D eigenvalue weighted by atomic mass is 32.2. The lowest BCUT2D eigenvalue weighted by Crippen LogP contribution is -1.97. The zero-order chi connectivity index (χ0) is 5.70. The monoisotopic (exact) mass is 119 g/mol. The van der Waals surface area contributed by atoms with Crippen LogP contribution in [0.4, 0.5) is 0 Å². The zero-order valence-corrected chi connectivity index (χ0v) is 5.12. The van der Waals surface area contributed by atoms with Gasteiger partial charge >= 0.3 is 0 Å². The van der Waals surface area contributed by atoms with Crippen LogP contribution in [0.5, 0.6) is 0 Å². The van der Waals surface area contributed by atoms with Crippen molar-refractivity contribution in [2.75, 3.05) is 5.88 Å². The highest BCUT2D eigenvalue weighted by Crippen LogP contribution is 1.99. The molecule has 2 N–H and O–H groups in total. The van der Waals surface area contributed by atoms with Gasteiger partial charge in [-0.05, 0) is 0 Å². The SMILES string of the molecule is CCC(=O)SCN.